The van der Waals surface area contributed by atoms with E-state index < -0.39 is 0 Å². The average Bonchev–Trinajstić information content (AvgIpc) is 3.18. The Balaban J connectivity index is 2.06. The van der Waals surface area contributed by atoms with Crippen molar-refractivity contribution in [1.29, 1.82) is 0 Å². The van der Waals surface area contributed by atoms with Gasteiger partial charge in [0.25, 0.3) is 0 Å². The summed E-state index contributed by atoms with van der Waals surface area (Å²) < 4.78 is 2.20. The van der Waals surface area contributed by atoms with E-state index in [-0.39, 0.29) is 0 Å². The Labute approximate surface area is 124 Å². The summed E-state index contributed by atoms with van der Waals surface area (Å²) in [5.41, 5.74) is 3.00. The lowest BCUT2D eigenvalue weighted by molar-refractivity contribution is 0.267. The van der Waals surface area contributed by atoms with Gasteiger partial charge in [0.15, 0.2) is 0 Å². The van der Waals surface area contributed by atoms with Gasteiger partial charge in [0.1, 0.15) is 0 Å². The molecule has 3 nitrogen and oxygen atoms in total. The summed E-state index contributed by atoms with van der Waals surface area (Å²) in [6.45, 7) is 11.2. The minimum absolute atomic E-state index is 0.356. The van der Waals surface area contributed by atoms with Crippen LogP contribution in [-0.2, 0) is 19.4 Å². The van der Waals surface area contributed by atoms with E-state index in [2.05, 4.69) is 43.8 Å². The molecule has 1 aromatic heterocycles. The van der Waals surface area contributed by atoms with Crippen molar-refractivity contribution in [3.8, 4) is 0 Å². The highest BCUT2D eigenvalue weighted by Gasteiger charge is 2.29. The molecule has 1 saturated carbocycles. The molecule has 1 aromatic rings. The standard InChI is InChI=1S/C17H31N3/c1-5-10-17(4,13-18-15-8-9-15)12-16-11-14(6-2)19-20(16)7-3/h11,15,18H,5-10,12-13H2,1-4H3. The summed E-state index contributed by atoms with van der Waals surface area (Å²) in [4.78, 5) is 0. The number of hydrogen-bond donors (Lipinski definition) is 1. The van der Waals surface area contributed by atoms with Crippen LogP contribution in [-0.4, -0.2) is 22.4 Å². The normalized spacial score (nSPS) is 18.2. The van der Waals surface area contributed by atoms with E-state index in [4.69, 9.17) is 5.10 Å². The smallest absolute Gasteiger partial charge is 0.0624 e. The molecule has 0 amide bonds. The molecule has 20 heavy (non-hydrogen) atoms. The summed E-state index contributed by atoms with van der Waals surface area (Å²) in [5, 5.41) is 8.43. The third kappa shape index (κ3) is 4.08. The molecule has 1 aliphatic rings. The van der Waals surface area contributed by atoms with Gasteiger partial charge in [0.2, 0.25) is 0 Å². The monoisotopic (exact) mass is 277 g/mol. The van der Waals surface area contributed by atoms with E-state index in [1.54, 1.807) is 0 Å². The highest BCUT2D eigenvalue weighted by atomic mass is 15.3. The van der Waals surface area contributed by atoms with Gasteiger partial charge in [-0.25, -0.2) is 0 Å². The van der Waals surface area contributed by atoms with Crippen molar-refractivity contribution in [2.75, 3.05) is 6.54 Å². The molecule has 1 atom stereocenters. The van der Waals surface area contributed by atoms with E-state index in [0.29, 0.717) is 5.41 Å². The van der Waals surface area contributed by atoms with Gasteiger partial charge in [-0.15, -0.1) is 0 Å². The van der Waals surface area contributed by atoms with Crippen LogP contribution < -0.4 is 5.32 Å². The Bertz CT molecular complexity index is 420. The van der Waals surface area contributed by atoms with Gasteiger partial charge in [-0.1, -0.05) is 27.2 Å². The van der Waals surface area contributed by atoms with Crippen molar-refractivity contribution in [2.24, 2.45) is 5.41 Å². The van der Waals surface area contributed by atoms with E-state index in [1.807, 2.05) is 0 Å². The second kappa shape index (κ2) is 6.75. The fourth-order valence-corrected chi connectivity index (χ4v) is 3.06. The maximum absolute atomic E-state index is 4.70. The first-order chi connectivity index (χ1) is 9.60. The lowest BCUT2D eigenvalue weighted by Crippen LogP contribution is -2.35. The Hall–Kier alpha value is -0.830. The summed E-state index contributed by atoms with van der Waals surface area (Å²) >= 11 is 0. The number of nitrogens with one attached hydrogen (secondary N) is 1. The van der Waals surface area contributed by atoms with Gasteiger partial charge in [0.05, 0.1) is 5.69 Å². The number of aryl methyl sites for hydroxylation is 2. The molecule has 0 radical (unpaired) electrons. The molecular formula is C17H31N3. The molecule has 3 heteroatoms. The summed E-state index contributed by atoms with van der Waals surface area (Å²) in [6.07, 6.45) is 7.45. The van der Waals surface area contributed by atoms with Crippen LogP contribution in [0, 0.1) is 5.41 Å². The molecule has 1 fully saturated rings. The highest BCUT2D eigenvalue weighted by molar-refractivity contribution is 5.13. The van der Waals surface area contributed by atoms with Crippen molar-refractivity contribution >= 4 is 0 Å². The van der Waals surface area contributed by atoms with E-state index in [1.165, 1.54) is 37.1 Å². The van der Waals surface area contributed by atoms with Crippen LogP contribution in [0.15, 0.2) is 6.07 Å². The van der Waals surface area contributed by atoms with Crippen LogP contribution in [0.3, 0.4) is 0 Å². The quantitative estimate of drug-likeness (QED) is 0.748. The van der Waals surface area contributed by atoms with E-state index in [0.717, 1.165) is 32.0 Å². The first-order valence-electron chi connectivity index (χ1n) is 8.39. The molecule has 0 aliphatic heterocycles. The predicted octanol–water partition coefficient (Wildman–Crippen LogP) is 3.57. The van der Waals surface area contributed by atoms with E-state index >= 15 is 0 Å². The lowest BCUT2D eigenvalue weighted by atomic mass is 9.81. The zero-order valence-corrected chi connectivity index (χ0v) is 13.7. The van der Waals surface area contributed by atoms with Crippen molar-refractivity contribution in [1.82, 2.24) is 15.1 Å². The molecule has 1 N–H and O–H groups in total. The molecule has 0 aromatic carbocycles. The minimum atomic E-state index is 0.356. The molecule has 1 unspecified atom stereocenters. The lowest BCUT2D eigenvalue weighted by Gasteiger charge is -2.30. The van der Waals surface area contributed by atoms with Crippen LogP contribution in [0.5, 0.6) is 0 Å². The maximum atomic E-state index is 4.70. The summed E-state index contributed by atoms with van der Waals surface area (Å²) in [5.74, 6) is 0. The Morgan fingerprint density at radius 1 is 1.35 bits per heavy atom. The zero-order chi connectivity index (χ0) is 14.6. The van der Waals surface area contributed by atoms with Gasteiger partial charge < -0.3 is 5.32 Å². The predicted molar refractivity (Wildman–Crippen MR) is 85.0 cm³/mol. The second-order valence-electron chi connectivity index (χ2n) is 6.69. The molecule has 2 rings (SSSR count). The Kier molecular flexibility index (Phi) is 5.25. The SMILES string of the molecule is CCCC(C)(CNC1CC1)Cc1cc(CC)nn1CC. The number of rotatable bonds is 9. The third-order valence-corrected chi connectivity index (χ3v) is 4.43. The van der Waals surface area contributed by atoms with Crippen LogP contribution in [0.1, 0.15) is 64.8 Å². The van der Waals surface area contributed by atoms with Crippen molar-refractivity contribution in [3.63, 3.8) is 0 Å². The Morgan fingerprint density at radius 2 is 2.10 bits per heavy atom. The Morgan fingerprint density at radius 3 is 2.65 bits per heavy atom. The van der Waals surface area contributed by atoms with Crippen LogP contribution in [0.2, 0.25) is 0 Å². The van der Waals surface area contributed by atoms with E-state index in [9.17, 15) is 0 Å². The number of aromatic nitrogens is 2. The van der Waals surface area contributed by atoms with Crippen molar-refractivity contribution in [2.45, 2.75) is 78.8 Å². The topological polar surface area (TPSA) is 29.9 Å². The van der Waals surface area contributed by atoms with Gasteiger partial charge in [-0.05, 0) is 50.5 Å². The van der Waals surface area contributed by atoms with Crippen LogP contribution in [0.4, 0.5) is 0 Å². The molecular weight excluding hydrogens is 246 g/mol. The molecule has 1 heterocycles. The minimum Gasteiger partial charge on any atom is -0.313 e. The van der Waals surface area contributed by atoms with Crippen LogP contribution >= 0.6 is 0 Å². The fraction of sp³-hybridized carbons (Fsp3) is 0.824. The van der Waals surface area contributed by atoms with Crippen molar-refractivity contribution < 1.29 is 0 Å². The molecule has 0 bridgehead atoms. The highest BCUT2D eigenvalue weighted by Crippen LogP contribution is 2.30. The van der Waals surface area contributed by atoms with Gasteiger partial charge in [-0.2, -0.15) is 5.10 Å². The first kappa shape index (κ1) is 15.6. The molecule has 1 aliphatic carbocycles. The molecule has 0 saturated heterocycles. The number of hydrogen-bond acceptors (Lipinski definition) is 2. The first-order valence-corrected chi connectivity index (χ1v) is 8.39. The fourth-order valence-electron chi connectivity index (χ4n) is 3.06. The maximum Gasteiger partial charge on any atom is 0.0624 e. The average molecular weight is 277 g/mol. The zero-order valence-electron chi connectivity index (χ0n) is 13.7. The molecule has 114 valence electrons. The van der Waals surface area contributed by atoms with Gasteiger partial charge >= 0.3 is 0 Å². The summed E-state index contributed by atoms with van der Waals surface area (Å²) in [6, 6.07) is 3.11. The second-order valence-corrected chi connectivity index (χ2v) is 6.69. The summed E-state index contributed by atoms with van der Waals surface area (Å²) in [7, 11) is 0. The van der Waals surface area contributed by atoms with Crippen molar-refractivity contribution in [3.05, 3.63) is 17.5 Å². The third-order valence-electron chi connectivity index (χ3n) is 4.43. The largest absolute Gasteiger partial charge is 0.313 e. The van der Waals surface area contributed by atoms with Gasteiger partial charge in [-0.3, -0.25) is 4.68 Å². The molecule has 0 spiro atoms. The number of nitrogens with zero attached hydrogens (tertiary/aromatic N) is 2. The van der Waals surface area contributed by atoms with Gasteiger partial charge in [0, 0.05) is 24.8 Å². The van der Waals surface area contributed by atoms with Crippen LogP contribution in [0.25, 0.3) is 0 Å².